The van der Waals surface area contributed by atoms with Crippen molar-refractivity contribution >= 4 is 21.6 Å². The van der Waals surface area contributed by atoms with Crippen molar-refractivity contribution in [2.75, 3.05) is 18.4 Å². The summed E-state index contributed by atoms with van der Waals surface area (Å²) in [7, 11) is -2.36. The van der Waals surface area contributed by atoms with Crippen LogP contribution < -0.4 is 20.5 Å². The molecule has 0 fully saturated rings. The third-order valence-corrected chi connectivity index (χ3v) is 7.35. The van der Waals surface area contributed by atoms with E-state index < -0.39 is 10.0 Å². The second-order valence-corrected chi connectivity index (χ2v) is 10.1. The van der Waals surface area contributed by atoms with Gasteiger partial charge in [-0.3, -0.25) is 14.1 Å². The van der Waals surface area contributed by atoms with Crippen molar-refractivity contribution in [1.82, 2.24) is 19.7 Å². The van der Waals surface area contributed by atoms with Crippen molar-refractivity contribution in [2.24, 2.45) is 0 Å². The van der Waals surface area contributed by atoms with Crippen molar-refractivity contribution in [2.45, 2.75) is 50.6 Å². The minimum atomic E-state index is -3.89. The van der Waals surface area contributed by atoms with E-state index in [0.717, 1.165) is 25.1 Å². The van der Waals surface area contributed by atoms with E-state index in [1.54, 1.807) is 41.8 Å². The predicted octanol–water partition coefficient (Wildman–Crippen LogP) is 2.32. The van der Waals surface area contributed by atoms with Crippen molar-refractivity contribution in [1.29, 1.82) is 0 Å². The Morgan fingerprint density at radius 1 is 1.14 bits per heavy atom. The maximum Gasteiger partial charge on any atom is 0.345 e. The number of aromatic nitrogens is 3. The van der Waals surface area contributed by atoms with Gasteiger partial charge in [-0.25, -0.2) is 17.9 Å². The van der Waals surface area contributed by atoms with Gasteiger partial charge in [-0.05, 0) is 68.1 Å². The molecule has 1 aliphatic heterocycles. The number of sulfonamides is 1. The number of methoxy groups -OCH3 is 1. The van der Waals surface area contributed by atoms with E-state index in [-0.39, 0.29) is 22.1 Å². The molecule has 0 aliphatic carbocycles. The average Bonchev–Trinajstić information content (AvgIpc) is 3.17. The molecule has 0 unspecified atom stereocenters. The molecule has 2 heterocycles. The van der Waals surface area contributed by atoms with Crippen LogP contribution in [-0.2, 0) is 29.5 Å². The van der Waals surface area contributed by atoms with Crippen molar-refractivity contribution in [3.63, 3.8) is 0 Å². The van der Waals surface area contributed by atoms with Gasteiger partial charge in [0.15, 0.2) is 0 Å². The van der Waals surface area contributed by atoms with Crippen LogP contribution in [0.3, 0.4) is 0 Å². The zero-order valence-corrected chi connectivity index (χ0v) is 20.6. The first-order valence-electron chi connectivity index (χ1n) is 11.5. The van der Waals surface area contributed by atoms with E-state index in [0.29, 0.717) is 43.1 Å². The molecule has 1 amide bonds. The van der Waals surface area contributed by atoms with Gasteiger partial charge in [0.1, 0.15) is 11.6 Å². The van der Waals surface area contributed by atoms with Crippen LogP contribution in [0.4, 0.5) is 5.69 Å². The number of fused-ring (bicyclic) bond motifs is 1. The summed E-state index contributed by atoms with van der Waals surface area (Å²) in [6.07, 6.45) is 3.36. The van der Waals surface area contributed by atoms with Crippen LogP contribution in [0.25, 0.3) is 0 Å². The van der Waals surface area contributed by atoms with Gasteiger partial charge in [-0.15, -0.1) is 0 Å². The molecule has 0 radical (unpaired) electrons. The first-order valence-corrected chi connectivity index (χ1v) is 13.0. The lowest BCUT2D eigenvalue weighted by molar-refractivity contribution is 0.0951. The number of aryl methyl sites for hydroxylation is 3. The number of carbonyl (C=O) groups excluding carboxylic acids is 1. The molecular formula is C24H29N5O5S. The van der Waals surface area contributed by atoms with Crippen LogP contribution in [-0.4, -0.2) is 42.3 Å². The molecule has 186 valence electrons. The fourth-order valence-electron chi connectivity index (χ4n) is 4.01. The average molecular weight is 500 g/mol. The minimum Gasteiger partial charge on any atom is -0.497 e. The maximum absolute atomic E-state index is 12.9. The van der Waals surface area contributed by atoms with Gasteiger partial charge in [-0.1, -0.05) is 6.07 Å². The predicted molar refractivity (Wildman–Crippen MR) is 131 cm³/mol. The number of anilines is 1. The van der Waals surface area contributed by atoms with E-state index in [9.17, 15) is 18.0 Å². The Morgan fingerprint density at radius 3 is 2.63 bits per heavy atom. The van der Waals surface area contributed by atoms with Crippen LogP contribution in [0.5, 0.6) is 5.75 Å². The molecule has 35 heavy (non-hydrogen) atoms. The molecule has 1 aliphatic rings. The highest BCUT2D eigenvalue weighted by molar-refractivity contribution is 7.92. The third-order valence-electron chi connectivity index (χ3n) is 5.97. The Morgan fingerprint density at radius 2 is 1.91 bits per heavy atom. The minimum absolute atomic E-state index is 0.0146. The van der Waals surface area contributed by atoms with E-state index >= 15 is 0 Å². The zero-order chi connectivity index (χ0) is 25.0. The van der Waals surface area contributed by atoms with Crippen LogP contribution in [0.15, 0.2) is 52.2 Å². The van der Waals surface area contributed by atoms with E-state index in [2.05, 4.69) is 15.1 Å². The van der Waals surface area contributed by atoms with Gasteiger partial charge in [-0.2, -0.15) is 5.10 Å². The molecule has 0 saturated heterocycles. The number of rotatable bonds is 9. The van der Waals surface area contributed by atoms with Gasteiger partial charge in [0.2, 0.25) is 0 Å². The van der Waals surface area contributed by atoms with Gasteiger partial charge in [0.05, 0.1) is 12.0 Å². The standard InChI is InChI=1S/C24H29N5O5S/c1-17-7-12-20(35(32,33)27-18-8-10-19(34-2)11-9-18)16-21(17)23(30)25-13-5-15-29-24(31)28-14-4-3-6-22(28)26-29/h7-12,16,27H,3-6,13-15H2,1-2H3,(H,25,30). The molecule has 4 rings (SSSR count). The van der Waals surface area contributed by atoms with Crippen LogP contribution in [0, 0.1) is 6.92 Å². The highest BCUT2D eigenvalue weighted by Crippen LogP contribution is 2.21. The summed E-state index contributed by atoms with van der Waals surface area (Å²) in [6.45, 7) is 3.18. The molecular weight excluding hydrogens is 470 g/mol. The number of nitrogens with one attached hydrogen (secondary N) is 2. The summed E-state index contributed by atoms with van der Waals surface area (Å²) >= 11 is 0. The second-order valence-electron chi connectivity index (χ2n) is 8.45. The topological polar surface area (TPSA) is 124 Å². The third kappa shape index (κ3) is 5.56. The monoisotopic (exact) mass is 499 g/mol. The zero-order valence-electron chi connectivity index (χ0n) is 19.8. The van der Waals surface area contributed by atoms with Gasteiger partial charge in [0.25, 0.3) is 15.9 Å². The Bertz CT molecular complexity index is 1380. The Kier molecular flexibility index (Phi) is 7.25. The molecule has 1 aromatic heterocycles. The lowest BCUT2D eigenvalue weighted by Crippen LogP contribution is -2.29. The summed E-state index contributed by atoms with van der Waals surface area (Å²) in [5, 5.41) is 7.21. The van der Waals surface area contributed by atoms with E-state index in [1.165, 1.54) is 23.9 Å². The van der Waals surface area contributed by atoms with Gasteiger partial charge in [0, 0.05) is 37.3 Å². The molecule has 2 aromatic carbocycles. The molecule has 0 spiro atoms. The van der Waals surface area contributed by atoms with E-state index in [4.69, 9.17) is 4.74 Å². The molecule has 11 heteroatoms. The number of carbonyl (C=O) groups is 1. The number of benzene rings is 2. The number of hydrogen-bond donors (Lipinski definition) is 2. The summed E-state index contributed by atoms with van der Waals surface area (Å²) < 4.78 is 36.5. The lowest BCUT2D eigenvalue weighted by Gasteiger charge is -2.12. The van der Waals surface area contributed by atoms with Crippen molar-refractivity contribution in [3.05, 3.63) is 69.9 Å². The van der Waals surface area contributed by atoms with Gasteiger partial charge >= 0.3 is 5.69 Å². The number of amides is 1. The molecule has 0 saturated carbocycles. The SMILES string of the molecule is COc1ccc(NS(=O)(=O)c2ccc(C)c(C(=O)NCCCn3nc4n(c3=O)CCCC4)c2)cc1. The maximum atomic E-state index is 12.9. The largest absolute Gasteiger partial charge is 0.497 e. The van der Waals surface area contributed by atoms with Crippen LogP contribution in [0.2, 0.25) is 0 Å². The normalized spacial score (nSPS) is 13.2. The smallest absolute Gasteiger partial charge is 0.345 e. The first kappa shape index (κ1) is 24.5. The summed E-state index contributed by atoms with van der Waals surface area (Å²) in [4.78, 5) is 25.2. The summed E-state index contributed by atoms with van der Waals surface area (Å²) in [5.74, 6) is 1.06. The number of ether oxygens (including phenoxy) is 1. The highest BCUT2D eigenvalue weighted by Gasteiger charge is 2.19. The second kappa shape index (κ2) is 10.3. The first-order chi connectivity index (χ1) is 16.8. The molecule has 10 nitrogen and oxygen atoms in total. The molecule has 0 atom stereocenters. The lowest BCUT2D eigenvalue weighted by atomic mass is 10.1. The fourth-order valence-corrected chi connectivity index (χ4v) is 5.09. The quantitative estimate of drug-likeness (QED) is 0.436. The van der Waals surface area contributed by atoms with Crippen LogP contribution >= 0.6 is 0 Å². The summed E-state index contributed by atoms with van der Waals surface area (Å²) in [5.41, 5.74) is 1.21. The van der Waals surface area contributed by atoms with E-state index in [1.807, 2.05) is 0 Å². The van der Waals surface area contributed by atoms with Crippen molar-refractivity contribution < 1.29 is 17.9 Å². The van der Waals surface area contributed by atoms with Crippen LogP contribution in [0.1, 0.15) is 41.0 Å². The number of nitrogens with zero attached hydrogens (tertiary/aromatic N) is 3. The Labute approximate surface area is 204 Å². The highest BCUT2D eigenvalue weighted by atomic mass is 32.2. The van der Waals surface area contributed by atoms with Gasteiger partial charge < -0.3 is 10.1 Å². The van der Waals surface area contributed by atoms with Crippen molar-refractivity contribution in [3.8, 4) is 5.75 Å². The fraction of sp³-hybridized carbons (Fsp3) is 0.375. The summed E-state index contributed by atoms with van der Waals surface area (Å²) in [6, 6.07) is 10.9. The Hall–Kier alpha value is -3.60. The molecule has 3 aromatic rings. The Balaban J connectivity index is 1.38. The molecule has 2 N–H and O–H groups in total. The molecule has 0 bridgehead atoms. The number of hydrogen-bond acceptors (Lipinski definition) is 6.